The van der Waals surface area contributed by atoms with E-state index in [9.17, 15) is 0 Å². The van der Waals surface area contributed by atoms with Gasteiger partial charge >= 0.3 is 0 Å². The molecule has 0 aliphatic rings. The third-order valence-electron chi connectivity index (χ3n) is 1.33. The van der Waals surface area contributed by atoms with Crippen LogP contribution in [-0.2, 0) is 0 Å². The molecule has 1 nitrogen and oxygen atoms in total. The first-order chi connectivity index (χ1) is 6.13. The van der Waals surface area contributed by atoms with Crippen LogP contribution < -0.4 is 5.32 Å². The van der Waals surface area contributed by atoms with Gasteiger partial charge in [-0.2, -0.15) is 0 Å². The van der Waals surface area contributed by atoms with Crippen LogP contribution in [0.25, 0.3) is 0 Å². The summed E-state index contributed by atoms with van der Waals surface area (Å²) in [6.45, 7) is 8.61. The molecule has 0 aliphatic heterocycles. The monoisotopic (exact) mass is 179 g/mol. The largest absolute Gasteiger partial charge is 0.312 e. The molecule has 0 heterocycles. The first-order valence-electron chi connectivity index (χ1n) is 4.89. The van der Waals surface area contributed by atoms with Crippen molar-refractivity contribution in [1.29, 1.82) is 0 Å². The smallest absolute Gasteiger partial charge is 0.00127 e. The van der Waals surface area contributed by atoms with Crippen LogP contribution >= 0.6 is 0 Å². The lowest BCUT2D eigenvalue weighted by Gasteiger charge is -2.10. The summed E-state index contributed by atoms with van der Waals surface area (Å²) >= 11 is 0. The Bertz CT molecular complexity index is 147. The van der Waals surface area contributed by atoms with E-state index in [1.165, 1.54) is 0 Å². The van der Waals surface area contributed by atoms with Gasteiger partial charge in [0.15, 0.2) is 0 Å². The van der Waals surface area contributed by atoms with Crippen LogP contribution in [0.3, 0.4) is 0 Å². The van der Waals surface area contributed by atoms with Crippen molar-refractivity contribution in [2.24, 2.45) is 0 Å². The topological polar surface area (TPSA) is 12.0 Å². The number of hydrogen-bond acceptors (Lipinski definition) is 1. The van der Waals surface area contributed by atoms with E-state index in [0.717, 1.165) is 0 Å². The molecular formula is C12H21N. The van der Waals surface area contributed by atoms with Crippen LogP contribution in [0.5, 0.6) is 0 Å². The number of hydrogen-bond donors (Lipinski definition) is 1. The maximum Gasteiger partial charge on any atom is 0.00127 e. The highest BCUT2D eigenvalue weighted by Crippen LogP contribution is 1.81. The predicted octanol–water partition coefficient (Wildman–Crippen LogP) is 3.08. The summed E-state index contributed by atoms with van der Waals surface area (Å²) < 4.78 is 0. The second kappa shape index (κ2) is 7.81. The van der Waals surface area contributed by atoms with Gasteiger partial charge in [0.2, 0.25) is 0 Å². The summed E-state index contributed by atoms with van der Waals surface area (Å²) in [4.78, 5) is 0. The molecule has 0 amide bonds. The highest BCUT2D eigenvalue weighted by molar-refractivity contribution is 4.99. The summed E-state index contributed by atoms with van der Waals surface area (Å²) in [5.74, 6) is 0. The minimum absolute atomic E-state index is 0.625. The van der Waals surface area contributed by atoms with Gasteiger partial charge in [0.05, 0.1) is 0 Å². The lowest BCUT2D eigenvalue weighted by Crippen LogP contribution is -2.29. The molecule has 74 valence electrons. The van der Waals surface area contributed by atoms with Gasteiger partial charge in [0.1, 0.15) is 0 Å². The Morgan fingerprint density at radius 3 is 0.923 bits per heavy atom. The average Bonchev–Trinajstić information content (AvgIpc) is 2.06. The van der Waals surface area contributed by atoms with Crippen molar-refractivity contribution in [3.05, 3.63) is 36.4 Å². The molecule has 1 heteroatoms. The highest BCUT2D eigenvalue weighted by Gasteiger charge is 1.92. The van der Waals surface area contributed by atoms with E-state index >= 15 is 0 Å². The highest BCUT2D eigenvalue weighted by atomic mass is 14.9. The van der Waals surface area contributed by atoms with Gasteiger partial charge in [-0.3, -0.25) is 0 Å². The Morgan fingerprint density at radius 2 is 0.846 bits per heavy atom. The standard InChI is InChI=1S/C6H15N.C6H6/c1-5(2)7-6(3)4;1-2-4-6-5-3-1/h5-7H,1-4H3;1-6H. The van der Waals surface area contributed by atoms with Crippen molar-refractivity contribution in [2.45, 2.75) is 39.8 Å². The number of rotatable bonds is 2. The summed E-state index contributed by atoms with van der Waals surface area (Å²) in [6, 6.07) is 13.2. The van der Waals surface area contributed by atoms with E-state index in [1.54, 1.807) is 0 Å². The zero-order valence-corrected chi connectivity index (χ0v) is 9.12. The first kappa shape index (κ1) is 12.2. The molecule has 1 rings (SSSR count). The third-order valence-corrected chi connectivity index (χ3v) is 1.33. The van der Waals surface area contributed by atoms with E-state index < -0.39 is 0 Å². The van der Waals surface area contributed by atoms with E-state index in [-0.39, 0.29) is 0 Å². The summed E-state index contributed by atoms with van der Waals surface area (Å²) in [7, 11) is 0. The molecule has 13 heavy (non-hydrogen) atoms. The molecule has 0 saturated heterocycles. The van der Waals surface area contributed by atoms with Crippen molar-refractivity contribution >= 4 is 0 Å². The normalized spacial score (nSPS) is 9.69. The maximum absolute atomic E-state index is 3.31. The van der Waals surface area contributed by atoms with E-state index in [2.05, 4.69) is 33.0 Å². The predicted molar refractivity (Wildman–Crippen MR) is 59.8 cm³/mol. The van der Waals surface area contributed by atoms with Gasteiger partial charge in [0.25, 0.3) is 0 Å². The minimum atomic E-state index is 0.625. The molecule has 0 aromatic heterocycles. The van der Waals surface area contributed by atoms with Crippen molar-refractivity contribution < 1.29 is 0 Å². The molecule has 0 aliphatic carbocycles. The molecule has 1 N–H and O–H groups in total. The Kier molecular flexibility index (Phi) is 7.32. The molecule has 0 saturated carbocycles. The zero-order valence-electron chi connectivity index (χ0n) is 9.12. The lowest BCUT2D eigenvalue weighted by molar-refractivity contribution is 0.518. The quantitative estimate of drug-likeness (QED) is 0.735. The van der Waals surface area contributed by atoms with Gasteiger partial charge in [-0.1, -0.05) is 64.1 Å². The van der Waals surface area contributed by atoms with Crippen molar-refractivity contribution in [3.8, 4) is 0 Å². The minimum Gasteiger partial charge on any atom is -0.312 e. The summed E-state index contributed by atoms with van der Waals surface area (Å²) in [6.07, 6.45) is 0. The van der Waals surface area contributed by atoms with E-state index in [1.807, 2.05) is 36.4 Å². The number of benzene rings is 1. The molecule has 0 spiro atoms. The van der Waals surface area contributed by atoms with Crippen LogP contribution in [0.4, 0.5) is 0 Å². The molecule has 0 fully saturated rings. The molecule has 0 unspecified atom stereocenters. The molecule has 1 aromatic rings. The fourth-order valence-electron chi connectivity index (χ4n) is 1.05. The Morgan fingerprint density at radius 1 is 0.615 bits per heavy atom. The molecule has 1 aromatic carbocycles. The van der Waals surface area contributed by atoms with Crippen LogP contribution in [0, 0.1) is 0 Å². The van der Waals surface area contributed by atoms with Crippen LogP contribution in [-0.4, -0.2) is 12.1 Å². The molecule has 0 radical (unpaired) electrons. The van der Waals surface area contributed by atoms with Gasteiger partial charge in [-0.05, 0) is 0 Å². The third kappa shape index (κ3) is 11.2. The van der Waals surface area contributed by atoms with Gasteiger partial charge in [-0.15, -0.1) is 0 Å². The SMILES string of the molecule is CC(C)NC(C)C.c1ccccc1. The van der Waals surface area contributed by atoms with E-state index in [4.69, 9.17) is 0 Å². The fourth-order valence-corrected chi connectivity index (χ4v) is 1.05. The summed E-state index contributed by atoms with van der Waals surface area (Å²) in [5, 5.41) is 3.31. The molecule has 0 atom stereocenters. The molecule has 0 bridgehead atoms. The second-order valence-electron chi connectivity index (χ2n) is 3.63. The van der Waals surface area contributed by atoms with E-state index in [0.29, 0.717) is 12.1 Å². The van der Waals surface area contributed by atoms with Gasteiger partial charge in [0, 0.05) is 12.1 Å². The van der Waals surface area contributed by atoms with Crippen LogP contribution in [0.2, 0.25) is 0 Å². The Labute approximate surface area is 82.2 Å². The van der Waals surface area contributed by atoms with Crippen LogP contribution in [0.15, 0.2) is 36.4 Å². The van der Waals surface area contributed by atoms with Crippen molar-refractivity contribution in [1.82, 2.24) is 5.32 Å². The first-order valence-corrected chi connectivity index (χ1v) is 4.89. The fraction of sp³-hybridized carbons (Fsp3) is 0.500. The average molecular weight is 179 g/mol. The molecular weight excluding hydrogens is 158 g/mol. The number of nitrogens with one attached hydrogen (secondary N) is 1. The van der Waals surface area contributed by atoms with Gasteiger partial charge in [-0.25, -0.2) is 0 Å². The lowest BCUT2D eigenvalue weighted by atomic mass is 10.3. The van der Waals surface area contributed by atoms with Crippen LogP contribution in [0.1, 0.15) is 27.7 Å². The Balaban J connectivity index is 0.000000223. The maximum atomic E-state index is 3.31. The van der Waals surface area contributed by atoms with Crippen molar-refractivity contribution in [3.63, 3.8) is 0 Å². The zero-order chi connectivity index (χ0) is 10.1. The second-order valence-corrected chi connectivity index (χ2v) is 3.63. The van der Waals surface area contributed by atoms with Crippen molar-refractivity contribution in [2.75, 3.05) is 0 Å². The Hall–Kier alpha value is -0.820. The van der Waals surface area contributed by atoms with Gasteiger partial charge < -0.3 is 5.32 Å². The summed E-state index contributed by atoms with van der Waals surface area (Å²) in [5.41, 5.74) is 0.